The Morgan fingerprint density at radius 2 is 1.83 bits per heavy atom. The van der Waals surface area contributed by atoms with Crippen LogP contribution in [0.2, 0.25) is 0 Å². The molecule has 1 saturated heterocycles. The zero-order valence-corrected chi connectivity index (χ0v) is 17.2. The lowest BCUT2D eigenvalue weighted by molar-refractivity contribution is 0.263. The first-order valence-corrected chi connectivity index (χ1v) is 9.99. The quantitative estimate of drug-likeness (QED) is 0.712. The van der Waals surface area contributed by atoms with E-state index in [0.29, 0.717) is 22.5 Å². The van der Waals surface area contributed by atoms with E-state index in [0.717, 1.165) is 38.0 Å². The lowest BCUT2D eigenvalue weighted by atomic mass is 10.1. The molecule has 29 heavy (non-hydrogen) atoms. The largest absolute Gasteiger partial charge is 0.351 e. The molecule has 3 heterocycles. The van der Waals surface area contributed by atoms with Crippen LogP contribution in [-0.4, -0.2) is 50.6 Å². The van der Waals surface area contributed by atoms with Crippen LogP contribution in [0, 0.1) is 18.6 Å². The van der Waals surface area contributed by atoms with Crippen molar-refractivity contribution < 1.29 is 8.78 Å². The molecule has 6 nitrogen and oxygen atoms in total. The van der Waals surface area contributed by atoms with Crippen LogP contribution >= 0.6 is 0 Å². The van der Waals surface area contributed by atoms with Gasteiger partial charge in [-0.1, -0.05) is 0 Å². The van der Waals surface area contributed by atoms with Gasteiger partial charge in [-0.05, 0) is 65.9 Å². The number of halogens is 2. The molecule has 154 valence electrons. The van der Waals surface area contributed by atoms with Crippen LogP contribution in [0.4, 0.5) is 14.7 Å². The maximum absolute atomic E-state index is 14.8. The third-order valence-electron chi connectivity index (χ3n) is 5.51. The van der Waals surface area contributed by atoms with Crippen molar-refractivity contribution in [2.75, 3.05) is 25.5 Å². The minimum Gasteiger partial charge on any atom is -0.351 e. The van der Waals surface area contributed by atoms with Crippen LogP contribution in [0.15, 0.2) is 18.3 Å². The van der Waals surface area contributed by atoms with Crippen molar-refractivity contribution in [3.63, 3.8) is 0 Å². The number of likely N-dealkylation sites (tertiary alicyclic amines) is 1. The summed E-state index contributed by atoms with van der Waals surface area (Å²) in [5, 5.41) is 3.30. The van der Waals surface area contributed by atoms with Crippen molar-refractivity contribution in [1.82, 2.24) is 24.4 Å². The van der Waals surface area contributed by atoms with Gasteiger partial charge in [0.1, 0.15) is 17.0 Å². The van der Waals surface area contributed by atoms with Gasteiger partial charge >= 0.3 is 0 Å². The predicted molar refractivity (Wildman–Crippen MR) is 110 cm³/mol. The highest BCUT2D eigenvalue weighted by Crippen LogP contribution is 2.30. The maximum atomic E-state index is 14.8. The molecule has 2 aromatic heterocycles. The van der Waals surface area contributed by atoms with Gasteiger partial charge < -0.3 is 14.8 Å². The number of rotatable bonds is 4. The summed E-state index contributed by atoms with van der Waals surface area (Å²) >= 11 is 0. The molecule has 4 rings (SSSR count). The molecule has 3 aromatic rings. The van der Waals surface area contributed by atoms with Crippen molar-refractivity contribution in [2.24, 2.45) is 0 Å². The highest BCUT2D eigenvalue weighted by Gasteiger charge is 2.20. The standard InChI is InChI=1S/C21H26F2N6/c1-12(2)29-13(3)25-20-16(22)9-14(10-18(20)29)19-17(23)11-24-21(27-19)26-15-5-7-28(4)8-6-15/h9-12,15H,5-8H2,1-4H3,(H,24,26,27). The van der Waals surface area contributed by atoms with E-state index in [2.05, 4.69) is 32.2 Å². The maximum Gasteiger partial charge on any atom is 0.223 e. The van der Waals surface area contributed by atoms with Gasteiger partial charge in [0.05, 0.1) is 11.7 Å². The number of imidazole rings is 1. The van der Waals surface area contributed by atoms with Crippen LogP contribution in [-0.2, 0) is 0 Å². The van der Waals surface area contributed by atoms with E-state index in [1.807, 2.05) is 25.3 Å². The van der Waals surface area contributed by atoms with Gasteiger partial charge in [-0.25, -0.2) is 23.7 Å². The number of piperidine rings is 1. The van der Waals surface area contributed by atoms with Gasteiger partial charge in [0, 0.05) is 17.6 Å². The summed E-state index contributed by atoms with van der Waals surface area (Å²) in [7, 11) is 2.09. The fourth-order valence-electron chi connectivity index (χ4n) is 4.03. The van der Waals surface area contributed by atoms with Gasteiger partial charge in [-0.3, -0.25) is 0 Å². The van der Waals surface area contributed by atoms with E-state index in [1.54, 1.807) is 6.07 Å². The van der Waals surface area contributed by atoms with E-state index >= 15 is 0 Å². The Labute approximate surface area is 169 Å². The third kappa shape index (κ3) is 3.81. The molecular weight excluding hydrogens is 374 g/mol. The van der Waals surface area contributed by atoms with Crippen LogP contribution in [0.5, 0.6) is 0 Å². The summed E-state index contributed by atoms with van der Waals surface area (Å²) in [6.45, 7) is 7.84. The Morgan fingerprint density at radius 3 is 2.52 bits per heavy atom. The van der Waals surface area contributed by atoms with Gasteiger partial charge in [0.15, 0.2) is 11.6 Å². The molecule has 1 aliphatic rings. The van der Waals surface area contributed by atoms with Crippen LogP contribution in [0.1, 0.15) is 38.6 Å². The molecule has 1 aromatic carbocycles. The van der Waals surface area contributed by atoms with Crippen molar-refractivity contribution in [3.8, 4) is 11.3 Å². The lowest BCUT2D eigenvalue weighted by Crippen LogP contribution is -2.37. The fourth-order valence-corrected chi connectivity index (χ4v) is 4.03. The fraction of sp³-hybridized carbons (Fsp3) is 0.476. The summed E-state index contributed by atoms with van der Waals surface area (Å²) in [6.07, 6.45) is 3.09. The van der Waals surface area contributed by atoms with E-state index in [-0.39, 0.29) is 17.8 Å². The summed E-state index contributed by atoms with van der Waals surface area (Å²) < 4.78 is 31.3. The molecule has 0 unspecified atom stereocenters. The van der Waals surface area contributed by atoms with E-state index in [4.69, 9.17) is 0 Å². The highest BCUT2D eigenvalue weighted by atomic mass is 19.1. The van der Waals surface area contributed by atoms with Crippen molar-refractivity contribution in [3.05, 3.63) is 35.8 Å². The molecular formula is C21H26F2N6. The highest BCUT2D eigenvalue weighted by molar-refractivity contribution is 5.83. The van der Waals surface area contributed by atoms with Crippen LogP contribution < -0.4 is 5.32 Å². The molecule has 0 saturated carbocycles. The van der Waals surface area contributed by atoms with Crippen molar-refractivity contribution in [2.45, 2.75) is 45.7 Å². The Hall–Kier alpha value is -2.61. The van der Waals surface area contributed by atoms with Crippen LogP contribution in [0.3, 0.4) is 0 Å². The molecule has 0 radical (unpaired) electrons. The predicted octanol–water partition coefficient (Wildman–Crippen LogP) is 4.17. The van der Waals surface area contributed by atoms with Gasteiger partial charge in [0.2, 0.25) is 5.95 Å². The zero-order valence-electron chi connectivity index (χ0n) is 17.2. The molecule has 1 aliphatic heterocycles. The molecule has 0 amide bonds. The number of benzene rings is 1. The average Bonchev–Trinajstić information content (AvgIpc) is 3.02. The second-order valence-corrected chi connectivity index (χ2v) is 8.06. The summed E-state index contributed by atoms with van der Waals surface area (Å²) in [5.41, 5.74) is 1.39. The molecule has 0 spiro atoms. The minimum absolute atomic E-state index is 0.0883. The third-order valence-corrected chi connectivity index (χ3v) is 5.51. The van der Waals surface area contributed by atoms with Gasteiger partial charge in [-0.2, -0.15) is 0 Å². The number of nitrogens with zero attached hydrogens (tertiary/aromatic N) is 5. The first-order chi connectivity index (χ1) is 13.8. The average molecular weight is 400 g/mol. The van der Waals surface area contributed by atoms with Crippen molar-refractivity contribution in [1.29, 1.82) is 0 Å². The van der Waals surface area contributed by atoms with E-state index in [1.165, 1.54) is 6.07 Å². The smallest absolute Gasteiger partial charge is 0.223 e. The number of hydrogen-bond acceptors (Lipinski definition) is 5. The molecule has 8 heteroatoms. The van der Waals surface area contributed by atoms with Gasteiger partial charge in [-0.15, -0.1) is 0 Å². The summed E-state index contributed by atoms with van der Waals surface area (Å²) in [4.78, 5) is 15.1. The van der Waals surface area contributed by atoms with Crippen molar-refractivity contribution >= 4 is 17.0 Å². The number of nitrogens with one attached hydrogen (secondary N) is 1. The Balaban J connectivity index is 1.72. The number of hydrogen-bond donors (Lipinski definition) is 1. The molecule has 1 N–H and O–H groups in total. The monoisotopic (exact) mass is 400 g/mol. The summed E-state index contributed by atoms with van der Waals surface area (Å²) in [6, 6.07) is 3.40. The number of fused-ring (bicyclic) bond motifs is 1. The van der Waals surface area contributed by atoms with Crippen LogP contribution in [0.25, 0.3) is 22.3 Å². The molecule has 0 aliphatic carbocycles. The minimum atomic E-state index is -0.579. The summed E-state index contributed by atoms with van der Waals surface area (Å²) in [5.74, 6) is 0.0247. The second kappa shape index (κ2) is 7.67. The van der Waals surface area contributed by atoms with E-state index in [9.17, 15) is 8.78 Å². The molecule has 1 fully saturated rings. The first kappa shape index (κ1) is 19.7. The second-order valence-electron chi connectivity index (χ2n) is 8.06. The molecule has 0 bridgehead atoms. The Kier molecular flexibility index (Phi) is 5.21. The Morgan fingerprint density at radius 1 is 1.10 bits per heavy atom. The topological polar surface area (TPSA) is 58.9 Å². The number of aryl methyl sites for hydroxylation is 1. The number of anilines is 1. The lowest BCUT2D eigenvalue weighted by Gasteiger charge is -2.29. The molecule has 0 atom stereocenters. The van der Waals surface area contributed by atoms with Gasteiger partial charge in [0.25, 0.3) is 0 Å². The SMILES string of the molecule is Cc1nc2c(F)cc(-c3nc(NC4CCN(C)CC4)ncc3F)cc2n1C(C)C. The Bertz CT molecular complexity index is 1040. The normalized spacial score (nSPS) is 16.1. The first-order valence-electron chi connectivity index (χ1n) is 9.99. The van der Waals surface area contributed by atoms with E-state index < -0.39 is 11.6 Å². The number of aromatic nitrogens is 4. The zero-order chi connectivity index (χ0) is 20.7.